The summed E-state index contributed by atoms with van der Waals surface area (Å²) < 4.78 is 0. The molecule has 1 aliphatic heterocycles. The molecule has 0 aliphatic carbocycles. The van der Waals surface area contributed by atoms with Crippen LogP contribution in [0, 0.1) is 6.92 Å². The summed E-state index contributed by atoms with van der Waals surface area (Å²) in [5.74, 6) is 1.63. The number of nitrogens with zero attached hydrogens (tertiary/aromatic N) is 5. The number of carbonyl (C=O) groups excluding carboxylic acids is 1. The number of rotatable bonds is 6. The lowest BCUT2D eigenvalue weighted by Gasteiger charge is -2.35. The Labute approximate surface area is 167 Å². The fourth-order valence-electron chi connectivity index (χ4n) is 3.49. The van der Waals surface area contributed by atoms with E-state index in [4.69, 9.17) is 4.98 Å². The highest BCUT2D eigenvalue weighted by molar-refractivity contribution is 5.73. The highest BCUT2D eigenvalue weighted by atomic mass is 16.2. The highest BCUT2D eigenvalue weighted by Gasteiger charge is 2.20. The second kappa shape index (κ2) is 8.91. The van der Waals surface area contributed by atoms with E-state index in [9.17, 15) is 4.79 Å². The van der Waals surface area contributed by atoms with Gasteiger partial charge in [-0.15, -0.1) is 0 Å². The fourth-order valence-corrected chi connectivity index (χ4v) is 3.49. The second-order valence-corrected chi connectivity index (χ2v) is 7.03. The van der Waals surface area contributed by atoms with Gasteiger partial charge in [0.1, 0.15) is 5.82 Å². The van der Waals surface area contributed by atoms with Crippen molar-refractivity contribution in [2.75, 3.05) is 54.4 Å². The zero-order valence-corrected chi connectivity index (χ0v) is 17.3. The van der Waals surface area contributed by atoms with Crippen LogP contribution in [-0.2, 0) is 4.79 Å². The number of aromatic nitrogens is 2. The van der Waals surface area contributed by atoms with Crippen molar-refractivity contribution in [2.45, 2.75) is 27.7 Å². The topological polar surface area (TPSA) is 64.6 Å². The Morgan fingerprint density at radius 1 is 1.07 bits per heavy atom. The Hall–Kier alpha value is -2.83. The van der Waals surface area contributed by atoms with E-state index in [1.807, 2.05) is 17.9 Å². The number of carbonyl (C=O) groups is 1. The first-order valence-electron chi connectivity index (χ1n) is 9.98. The van der Waals surface area contributed by atoms with Crippen LogP contribution in [0.1, 0.15) is 26.5 Å². The van der Waals surface area contributed by atoms with Crippen molar-refractivity contribution in [3.05, 3.63) is 36.0 Å². The van der Waals surface area contributed by atoms with Crippen LogP contribution in [0.5, 0.6) is 0 Å². The van der Waals surface area contributed by atoms with Crippen molar-refractivity contribution >= 4 is 29.0 Å². The SMILES string of the molecule is CCN(CC)c1ccc(Nc2nc(C)cc(N3CCN(C(C)=O)CC3)n2)cc1. The van der Waals surface area contributed by atoms with E-state index >= 15 is 0 Å². The quantitative estimate of drug-likeness (QED) is 0.828. The Kier molecular flexibility index (Phi) is 6.34. The minimum Gasteiger partial charge on any atom is -0.372 e. The zero-order valence-electron chi connectivity index (χ0n) is 17.3. The average Bonchev–Trinajstić information content (AvgIpc) is 2.70. The predicted octanol–water partition coefficient (Wildman–Crippen LogP) is 3.04. The van der Waals surface area contributed by atoms with Crippen molar-refractivity contribution in [1.82, 2.24) is 14.9 Å². The monoisotopic (exact) mass is 382 g/mol. The lowest BCUT2D eigenvalue weighted by Crippen LogP contribution is -2.48. The van der Waals surface area contributed by atoms with Crippen LogP contribution in [0.25, 0.3) is 0 Å². The molecular weight excluding hydrogens is 352 g/mol. The van der Waals surface area contributed by atoms with Gasteiger partial charge in [-0.3, -0.25) is 4.79 Å². The van der Waals surface area contributed by atoms with Crippen molar-refractivity contribution in [3.8, 4) is 0 Å². The zero-order chi connectivity index (χ0) is 20.1. The van der Waals surface area contributed by atoms with Gasteiger partial charge in [-0.05, 0) is 45.0 Å². The highest BCUT2D eigenvalue weighted by Crippen LogP contribution is 2.22. The molecule has 0 bridgehead atoms. The maximum atomic E-state index is 11.5. The van der Waals surface area contributed by atoms with Gasteiger partial charge in [-0.25, -0.2) is 4.98 Å². The van der Waals surface area contributed by atoms with Crippen molar-refractivity contribution < 1.29 is 4.79 Å². The van der Waals surface area contributed by atoms with E-state index in [2.05, 4.69) is 58.2 Å². The molecule has 0 unspecified atom stereocenters. The molecule has 1 fully saturated rings. The molecule has 0 atom stereocenters. The van der Waals surface area contributed by atoms with Crippen molar-refractivity contribution in [3.63, 3.8) is 0 Å². The Morgan fingerprint density at radius 2 is 1.71 bits per heavy atom. The largest absolute Gasteiger partial charge is 0.372 e. The Balaban J connectivity index is 1.71. The van der Waals surface area contributed by atoms with Crippen LogP contribution in [-0.4, -0.2) is 60.0 Å². The Bertz CT molecular complexity index is 795. The maximum Gasteiger partial charge on any atom is 0.229 e. The summed E-state index contributed by atoms with van der Waals surface area (Å²) in [5, 5.41) is 3.32. The minimum atomic E-state index is 0.133. The number of piperazine rings is 1. The maximum absolute atomic E-state index is 11.5. The van der Waals surface area contributed by atoms with Gasteiger partial charge in [0.25, 0.3) is 0 Å². The molecule has 1 saturated heterocycles. The lowest BCUT2D eigenvalue weighted by atomic mass is 10.2. The first-order valence-corrected chi connectivity index (χ1v) is 9.98. The molecule has 1 amide bonds. The summed E-state index contributed by atoms with van der Waals surface area (Å²) in [4.78, 5) is 27.2. The molecule has 2 aromatic rings. The molecule has 28 heavy (non-hydrogen) atoms. The Morgan fingerprint density at radius 3 is 2.29 bits per heavy atom. The fraction of sp³-hybridized carbons (Fsp3) is 0.476. The van der Waals surface area contributed by atoms with Gasteiger partial charge in [0.15, 0.2) is 0 Å². The van der Waals surface area contributed by atoms with E-state index in [0.717, 1.165) is 56.5 Å². The smallest absolute Gasteiger partial charge is 0.229 e. The van der Waals surface area contributed by atoms with Crippen molar-refractivity contribution in [2.24, 2.45) is 0 Å². The summed E-state index contributed by atoms with van der Waals surface area (Å²) in [6, 6.07) is 10.4. The molecule has 1 aromatic carbocycles. The molecule has 1 aliphatic rings. The van der Waals surface area contributed by atoms with Gasteiger partial charge in [-0.2, -0.15) is 4.98 Å². The van der Waals surface area contributed by atoms with Crippen LogP contribution in [0.15, 0.2) is 30.3 Å². The molecule has 0 spiro atoms. The third kappa shape index (κ3) is 4.71. The minimum absolute atomic E-state index is 0.133. The van der Waals surface area contributed by atoms with Gasteiger partial charge in [-0.1, -0.05) is 0 Å². The number of amides is 1. The van der Waals surface area contributed by atoms with Crippen molar-refractivity contribution in [1.29, 1.82) is 0 Å². The van der Waals surface area contributed by atoms with E-state index in [-0.39, 0.29) is 5.91 Å². The summed E-state index contributed by atoms with van der Waals surface area (Å²) in [6.45, 7) is 12.9. The lowest BCUT2D eigenvalue weighted by molar-refractivity contribution is -0.129. The molecule has 1 aromatic heterocycles. The molecule has 3 rings (SSSR count). The van der Waals surface area contributed by atoms with Gasteiger partial charge in [0, 0.05) is 69.3 Å². The van der Waals surface area contributed by atoms with E-state index < -0.39 is 0 Å². The van der Waals surface area contributed by atoms with Crippen LogP contribution in [0.2, 0.25) is 0 Å². The van der Waals surface area contributed by atoms with Gasteiger partial charge in [0.05, 0.1) is 0 Å². The van der Waals surface area contributed by atoms with E-state index in [0.29, 0.717) is 5.95 Å². The third-order valence-electron chi connectivity index (χ3n) is 5.14. The summed E-state index contributed by atoms with van der Waals surface area (Å²) >= 11 is 0. The first-order chi connectivity index (χ1) is 13.5. The molecule has 0 radical (unpaired) electrons. The number of nitrogens with one attached hydrogen (secondary N) is 1. The second-order valence-electron chi connectivity index (χ2n) is 7.03. The molecule has 150 valence electrons. The van der Waals surface area contributed by atoms with Gasteiger partial charge in [0.2, 0.25) is 11.9 Å². The van der Waals surface area contributed by atoms with E-state index in [1.54, 1.807) is 6.92 Å². The molecule has 7 nitrogen and oxygen atoms in total. The molecule has 2 heterocycles. The number of aryl methyl sites for hydroxylation is 1. The number of benzene rings is 1. The summed E-state index contributed by atoms with van der Waals surface area (Å²) in [7, 11) is 0. The standard InChI is InChI=1S/C21H30N6O/c1-5-25(6-2)19-9-7-18(8-10-19)23-21-22-16(3)15-20(24-21)27-13-11-26(12-14-27)17(4)28/h7-10,15H,5-6,11-14H2,1-4H3,(H,22,23,24). The molecular formula is C21H30N6O. The third-order valence-corrected chi connectivity index (χ3v) is 5.14. The van der Waals surface area contributed by atoms with E-state index in [1.165, 1.54) is 5.69 Å². The number of anilines is 4. The summed E-state index contributed by atoms with van der Waals surface area (Å²) in [5.41, 5.74) is 3.10. The normalized spacial score (nSPS) is 14.1. The van der Waals surface area contributed by atoms with Gasteiger partial charge >= 0.3 is 0 Å². The molecule has 0 saturated carbocycles. The molecule has 1 N–H and O–H groups in total. The first kappa shape index (κ1) is 19.9. The van der Waals surface area contributed by atoms with Gasteiger partial charge < -0.3 is 20.0 Å². The predicted molar refractivity (Wildman–Crippen MR) is 115 cm³/mol. The van der Waals surface area contributed by atoms with Crippen LogP contribution < -0.4 is 15.1 Å². The van der Waals surface area contributed by atoms with Crippen LogP contribution in [0.4, 0.5) is 23.1 Å². The number of hydrogen-bond acceptors (Lipinski definition) is 6. The van der Waals surface area contributed by atoms with Crippen LogP contribution >= 0.6 is 0 Å². The van der Waals surface area contributed by atoms with Crippen LogP contribution in [0.3, 0.4) is 0 Å². The number of hydrogen-bond donors (Lipinski definition) is 1. The molecule has 7 heteroatoms. The average molecular weight is 383 g/mol. The summed E-state index contributed by atoms with van der Waals surface area (Å²) in [6.07, 6.45) is 0.